The molecule has 0 saturated heterocycles. The average molecular weight is 360 g/mol. The number of carbonyl (C=O) groups is 2. The smallest absolute Gasteiger partial charge is 0.254 e. The highest BCUT2D eigenvalue weighted by Crippen LogP contribution is 2.41. The monoisotopic (exact) mass is 360 g/mol. The van der Waals surface area contributed by atoms with Gasteiger partial charge in [-0.3, -0.25) is 20.0 Å². The van der Waals surface area contributed by atoms with Gasteiger partial charge in [-0.25, -0.2) is 4.98 Å². The van der Waals surface area contributed by atoms with E-state index in [1.54, 1.807) is 31.6 Å². The van der Waals surface area contributed by atoms with Crippen molar-refractivity contribution in [1.29, 1.82) is 0 Å². The maximum atomic E-state index is 12.8. The third-order valence-corrected chi connectivity index (χ3v) is 4.49. The van der Waals surface area contributed by atoms with Crippen LogP contribution in [-0.2, 0) is 4.79 Å². The minimum Gasteiger partial charge on any atom is -0.332 e. The van der Waals surface area contributed by atoms with Crippen molar-refractivity contribution in [2.75, 3.05) is 18.9 Å². The number of benzene rings is 1. The number of likely N-dealkylation sites (N-methyl/N-ethyl adjacent to an activating group) is 1. The van der Waals surface area contributed by atoms with Crippen LogP contribution in [0.5, 0.6) is 0 Å². The van der Waals surface area contributed by atoms with Gasteiger partial charge in [0.1, 0.15) is 7.85 Å². The lowest BCUT2D eigenvalue weighted by Gasteiger charge is -2.19. The minimum absolute atomic E-state index is 0.113. The Kier molecular flexibility index (Phi) is 4.35. The van der Waals surface area contributed by atoms with Gasteiger partial charge in [-0.05, 0) is 30.4 Å². The van der Waals surface area contributed by atoms with Gasteiger partial charge in [0.05, 0.1) is 18.1 Å². The summed E-state index contributed by atoms with van der Waals surface area (Å²) < 4.78 is 0. The number of aromatic nitrogens is 4. The van der Waals surface area contributed by atoms with Gasteiger partial charge in [0.25, 0.3) is 5.91 Å². The summed E-state index contributed by atoms with van der Waals surface area (Å²) in [4.78, 5) is 34.7. The number of H-pyrrole nitrogens is 1. The molecule has 1 aliphatic rings. The minimum atomic E-state index is -0.381. The molecule has 2 radical (unpaired) electrons. The molecule has 2 heterocycles. The highest BCUT2D eigenvalue weighted by atomic mass is 16.2. The Balaban J connectivity index is 1.44. The summed E-state index contributed by atoms with van der Waals surface area (Å²) in [6, 6.07) is 5.29. The van der Waals surface area contributed by atoms with Crippen molar-refractivity contribution >= 4 is 42.1 Å². The molecule has 0 bridgehead atoms. The van der Waals surface area contributed by atoms with Crippen LogP contribution in [0.3, 0.4) is 0 Å². The van der Waals surface area contributed by atoms with Crippen LogP contribution < -0.4 is 10.8 Å². The maximum Gasteiger partial charge on any atom is 0.254 e. The summed E-state index contributed by atoms with van der Waals surface area (Å²) >= 11 is 0. The first-order valence-electron chi connectivity index (χ1n) is 8.62. The number of nitrogens with zero attached hydrogens (tertiary/aromatic N) is 4. The van der Waals surface area contributed by atoms with E-state index >= 15 is 0 Å². The van der Waals surface area contributed by atoms with E-state index in [-0.39, 0.29) is 24.3 Å². The molecule has 2 amide bonds. The first-order valence-corrected chi connectivity index (χ1v) is 8.62. The van der Waals surface area contributed by atoms with Gasteiger partial charge in [-0.15, -0.1) is 0 Å². The Labute approximate surface area is 156 Å². The van der Waals surface area contributed by atoms with Crippen LogP contribution >= 0.6 is 0 Å². The molecule has 1 fully saturated rings. The van der Waals surface area contributed by atoms with Crippen LogP contribution in [0.15, 0.2) is 30.6 Å². The first kappa shape index (κ1) is 17.2. The number of hydrogen-bond acceptors (Lipinski definition) is 5. The van der Waals surface area contributed by atoms with Gasteiger partial charge in [-0.2, -0.15) is 10.1 Å². The van der Waals surface area contributed by atoms with E-state index in [1.807, 2.05) is 6.07 Å². The molecule has 3 aromatic rings. The zero-order valence-electron chi connectivity index (χ0n) is 14.8. The maximum absolute atomic E-state index is 12.8. The topological polar surface area (TPSA) is 104 Å². The fourth-order valence-corrected chi connectivity index (χ4v) is 2.96. The molecule has 4 rings (SSSR count). The number of fused-ring (bicyclic) bond motifs is 1. The number of aromatic amines is 1. The Morgan fingerprint density at radius 1 is 1.33 bits per heavy atom. The van der Waals surface area contributed by atoms with Crippen LogP contribution in [0, 0.1) is 0 Å². The van der Waals surface area contributed by atoms with Gasteiger partial charge in [0.2, 0.25) is 11.9 Å². The fourth-order valence-electron chi connectivity index (χ4n) is 2.96. The van der Waals surface area contributed by atoms with E-state index in [1.165, 1.54) is 4.90 Å². The van der Waals surface area contributed by atoms with E-state index in [9.17, 15) is 9.59 Å². The Morgan fingerprint density at radius 3 is 2.93 bits per heavy atom. The quantitative estimate of drug-likeness (QED) is 0.653. The van der Waals surface area contributed by atoms with E-state index < -0.39 is 0 Å². The van der Waals surface area contributed by atoms with E-state index in [2.05, 4.69) is 25.5 Å². The number of anilines is 1. The van der Waals surface area contributed by atoms with Crippen molar-refractivity contribution in [3.8, 4) is 0 Å². The Hall–Kier alpha value is -3.23. The summed E-state index contributed by atoms with van der Waals surface area (Å²) in [6.07, 6.45) is 5.27. The van der Waals surface area contributed by atoms with Gasteiger partial charge in [0.15, 0.2) is 5.65 Å². The molecule has 1 aromatic carbocycles. The summed E-state index contributed by atoms with van der Waals surface area (Å²) in [6.45, 7) is -0.113. The number of rotatable bonds is 5. The second-order valence-electron chi connectivity index (χ2n) is 6.70. The van der Waals surface area contributed by atoms with Crippen molar-refractivity contribution < 1.29 is 9.59 Å². The predicted octanol–water partition coefficient (Wildman–Crippen LogP) is 0.735. The summed E-state index contributed by atoms with van der Waals surface area (Å²) in [5.41, 5.74) is 2.72. The standard InChI is InChI=1S/C18H17BN6O2/c1-25(17(27)13-5-4-12(19)6-14(13)10-2-3-10)9-15(26)22-18-20-7-11-8-21-24-16(11)23-18/h4-8,10H,2-3,9H2,1H3,(H2,20,21,22,23,24,26). The molecule has 0 atom stereocenters. The second-order valence-corrected chi connectivity index (χ2v) is 6.70. The molecule has 1 aliphatic carbocycles. The van der Waals surface area contributed by atoms with Crippen molar-refractivity contribution in [2.24, 2.45) is 0 Å². The van der Waals surface area contributed by atoms with Gasteiger partial charge >= 0.3 is 0 Å². The molecule has 9 heteroatoms. The summed E-state index contributed by atoms with van der Waals surface area (Å²) in [5, 5.41) is 9.92. The second kappa shape index (κ2) is 6.83. The van der Waals surface area contributed by atoms with E-state index in [0.717, 1.165) is 23.8 Å². The molecule has 8 nitrogen and oxygen atoms in total. The molecule has 134 valence electrons. The van der Waals surface area contributed by atoms with Crippen LogP contribution in [0.1, 0.15) is 34.7 Å². The van der Waals surface area contributed by atoms with E-state index in [4.69, 9.17) is 7.85 Å². The molecule has 27 heavy (non-hydrogen) atoms. The van der Waals surface area contributed by atoms with Crippen LogP contribution in [0.25, 0.3) is 11.0 Å². The third-order valence-electron chi connectivity index (χ3n) is 4.49. The first-order chi connectivity index (χ1) is 13.0. The van der Waals surface area contributed by atoms with Crippen LogP contribution in [-0.4, -0.2) is 58.3 Å². The average Bonchev–Trinajstić information content (AvgIpc) is 3.38. The van der Waals surface area contributed by atoms with Crippen molar-refractivity contribution in [3.05, 3.63) is 41.7 Å². The number of nitrogens with one attached hydrogen (secondary N) is 2. The van der Waals surface area contributed by atoms with Gasteiger partial charge < -0.3 is 4.90 Å². The zero-order chi connectivity index (χ0) is 19.0. The van der Waals surface area contributed by atoms with Gasteiger partial charge in [-0.1, -0.05) is 17.6 Å². The lowest BCUT2D eigenvalue weighted by molar-refractivity contribution is -0.116. The largest absolute Gasteiger partial charge is 0.332 e. The molecule has 1 saturated carbocycles. The SMILES string of the molecule is [B]c1ccc(C(=O)N(C)CC(=O)Nc2ncc3cn[nH]c3n2)c(C2CC2)c1. The number of carbonyl (C=O) groups excluding carboxylic acids is 2. The molecule has 0 spiro atoms. The van der Waals surface area contributed by atoms with Crippen LogP contribution in [0.4, 0.5) is 5.95 Å². The Morgan fingerprint density at radius 2 is 2.15 bits per heavy atom. The summed E-state index contributed by atoms with van der Waals surface area (Å²) in [5.74, 6) is -0.0573. The van der Waals surface area contributed by atoms with Crippen LogP contribution in [0.2, 0.25) is 0 Å². The number of amides is 2. The van der Waals surface area contributed by atoms with Crippen molar-refractivity contribution in [1.82, 2.24) is 25.1 Å². The normalized spacial score (nSPS) is 13.5. The molecule has 2 N–H and O–H groups in total. The lowest BCUT2D eigenvalue weighted by atomic mass is 9.90. The van der Waals surface area contributed by atoms with Crippen molar-refractivity contribution in [2.45, 2.75) is 18.8 Å². The summed E-state index contributed by atoms with van der Waals surface area (Å²) in [7, 11) is 7.45. The fraction of sp³-hybridized carbons (Fsp3) is 0.278. The zero-order valence-corrected chi connectivity index (χ0v) is 14.8. The molecular formula is C18H17BN6O2. The molecule has 0 aliphatic heterocycles. The third kappa shape index (κ3) is 3.67. The highest BCUT2D eigenvalue weighted by molar-refractivity contribution is 6.32. The molecule has 0 unspecified atom stereocenters. The predicted molar refractivity (Wildman–Crippen MR) is 101 cm³/mol. The number of hydrogen-bond donors (Lipinski definition) is 2. The highest BCUT2D eigenvalue weighted by Gasteiger charge is 2.29. The molecule has 2 aromatic heterocycles. The Bertz CT molecular complexity index is 1030. The van der Waals surface area contributed by atoms with E-state index in [0.29, 0.717) is 22.6 Å². The van der Waals surface area contributed by atoms with Gasteiger partial charge in [0, 0.05) is 18.8 Å². The van der Waals surface area contributed by atoms with Crippen molar-refractivity contribution in [3.63, 3.8) is 0 Å². The molecular weight excluding hydrogens is 343 g/mol. The lowest BCUT2D eigenvalue weighted by Crippen LogP contribution is -2.35.